The molecule has 0 aliphatic carbocycles. The van der Waals surface area contributed by atoms with E-state index in [4.69, 9.17) is 0 Å². The molecule has 0 spiro atoms. The van der Waals surface area contributed by atoms with Gasteiger partial charge in [-0.3, -0.25) is 4.79 Å². The van der Waals surface area contributed by atoms with Crippen molar-refractivity contribution < 1.29 is 4.79 Å². The van der Waals surface area contributed by atoms with Gasteiger partial charge in [-0.25, -0.2) is 0 Å². The highest BCUT2D eigenvalue weighted by Gasteiger charge is 2.15. The molecule has 1 rings (SSSR count). The van der Waals surface area contributed by atoms with Crippen LogP contribution in [0.2, 0.25) is 0 Å². The van der Waals surface area contributed by atoms with Gasteiger partial charge in [0.25, 0.3) is 0 Å². The van der Waals surface area contributed by atoms with E-state index >= 15 is 0 Å². The molecule has 1 fully saturated rings. The molecule has 58 valence electrons. The molecule has 1 aliphatic rings. The zero-order valence-corrected chi connectivity index (χ0v) is 6.55. The van der Waals surface area contributed by atoms with Crippen LogP contribution in [0.3, 0.4) is 0 Å². The Balaban J connectivity index is 2.49. The monoisotopic (exact) mass is 142 g/mol. The van der Waals surface area contributed by atoms with Crippen LogP contribution in [0.1, 0.15) is 13.3 Å². The van der Waals surface area contributed by atoms with Crippen LogP contribution in [-0.2, 0) is 4.79 Å². The van der Waals surface area contributed by atoms with Crippen molar-refractivity contribution in [2.24, 2.45) is 0 Å². The first-order valence-corrected chi connectivity index (χ1v) is 3.67. The van der Waals surface area contributed by atoms with E-state index in [1.807, 2.05) is 7.05 Å². The van der Waals surface area contributed by atoms with Crippen molar-refractivity contribution in [3.8, 4) is 0 Å². The number of carbonyl (C=O) groups is 1. The molecule has 1 amide bonds. The molecule has 1 N–H and O–H groups in total. The maximum atomic E-state index is 11.0. The average molecular weight is 142 g/mol. The summed E-state index contributed by atoms with van der Waals surface area (Å²) in [6.45, 7) is 3.75. The molecule has 0 saturated carbocycles. The highest BCUT2D eigenvalue weighted by Crippen LogP contribution is 1.97. The van der Waals surface area contributed by atoms with Crippen LogP contribution in [0, 0.1) is 0 Å². The number of hydrogen-bond donors (Lipinski definition) is 1. The van der Waals surface area contributed by atoms with Crippen molar-refractivity contribution in [2.45, 2.75) is 19.4 Å². The molecular formula is C7H14N2O. The second kappa shape index (κ2) is 3.01. The van der Waals surface area contributed by atoms with Crippen LogP contribution < -0.4 is 5.32 Å². The minimum absolute atomic E-state index is 0.247. The zero-order valence-electron chi connectivity index (χ0n) is 6.55. The number of nitrogens with zero attached hydrogens (tertiary/aromatic N) is 1. The Labute approximate surface area is 61.4 Å². The highest BCUT2D eigenvalue weighted by molar-refractivity contribution is 5.76. The Bertz CT molecular complexity index is 136. The van der Waals surface area contributed by atoms with E-state index in [1.165, 1.54) is 0 Å². The van der Waals surface area contributed by atoms with Crippen molar-refractivity contribution in [1.82, 2.24) is 10.2 Å². The van der Waals surface area contributed by atoms with Gasteiger partial charge in [0.15, 0.2) is 0 Å². The van der Waals surface area contributed by atoms with Gasteiger partial charge in [-0.15, -0.1) is 0 Å². The summed E-state index contributed by atoms with van der Waals surface area (Å²) in [4.78, 5) is 12.8. The van der Waals surface area contributed by atoms with Gasteiger partial charge in [-0.1, -0.05) is 0 Å². The predicted octanol–water partition coefficient (Wildman–Crippen LogP) is -0.173. The first-order valence-electron chi connectivity index (χ1n) is 3.67. The third kappa shape index (κ3) is 1.70. The second-order valence-electron chi connectivity index (χ2n) is 2.88. The largest absolute Gasteiger partial charge is 0.344 e. The molecule has 10 heavy (non-hydrogen) atoms. The van der Waals surface area contributed by atoms with Crippen molar-refractivity contribution in [3.05, 3.63) is 0 Å². The fourth-order valence-electron chi connectivity index (χ4n) is 1.19. The number of hydrogen-bond acceptors (Lipinski definition) is 2. The summed E-state index contributed by atoms with van der Waals surface area (Å²) in [5.74, 6) is 0.247. The van der Waals surface area contributed by atoms with E-state index in [1.54, 1.807) is 4.90 Å². The Hall–Kier alpha value is -0.570. The van der Waals surface area contributed by atoms with Gasteiger partial charge in [0.05, 0.1) is 0 Å². The van der Waals surface area contributed by atoms with Crippen molar-refractivity contribution in [1.29, 1.82) is 0 Å². The third-order valence-corrected chi connectivity index (χ3v) is 1.81. The van der Waals surface area contributed by atoms with E-state index in [9.17, 15) is 4.79 Å². The number of amides is 1. The van der Waals surface area contributed by atoms with Gasteiger partial charge in [0.1, 0.15) is 0 Å². The zero-order chi connectivity index (χ0) is 7.56. The Morgan fingerprint density at radius 3 is 3.10 bits per heavy atom. The minimum atomic E-state index is 0.247. The van der Waals surface area contributed by atoms with E-state index < -0.39 is 0 Å². The van der Waals surface area contributed by atoms with Crippen LogP contribution in [-0.4, -0.2) is 37.0 Å². The normalized spacial score (nSPS) is 28.4. The lowest BCUT2D eigenvalue weighted by Crippen LogP contribution is -2.34. The summed E-state index contributed by atoms with van der Waals surface area (Å²) in [6.07, 6.45) is 0.640. The molecular weight excluding hydrogens is 128 g/mol. The van der Waals surface area contributed by atoms with E-state index in [-0.39, 0.29) is 5.91 Å². The molecule has 3 nitrogen and oxygen atoms in total. The molecule has 0 unspecified atom stereocenters. The lowest BCUT2D eigenvalue weighted by Gasteiger charge is -2.16. The summed E-state index contributed by atoms with van der Waals surface area (Å²) in [5, 5.41) is 3.24. The van der Waals surface area contributed by atoms with Crippen molar-refractivity contribution in [3.63, 3.8) is 0 Å². The van der Waals surface area contributed by atoms with E-state index in [0.29, 0.717) is 12.5 Å². The molecule has 0 aromatic carbocycles. The summed E-state index contributed by atoms with van der Waals surface area (Å²) in [5.41, 5.74) is 0. The number of likely N-dealkylation sites (N-methyl/N-ethyl adjacent to an activating group) is 1. The number of nitrogens with one attached hydrogen (secondary N) is 1. The molecule has 0 bridgehead atoms. The third-order valence-electron chi connectivity index (χ3n) is 1.81. The van der Waals surface area contributed by atoms with Gasteiger partial charge in [0, 0.05) is 32.6 Å². The summed E-state index contributed by atoms with van der Waals surface area (Å²) in [6, 6.07) is 0.441. The fourth-order valence-corrected chi connectivity index (χ4v) is 1.19. The molecule has 1 saturated heterocycles. The Morgan fingerprint density at radius 2 is 2.40 bits per heavy atom. The number of rotatable bonds is 0. The molecule has 1 heterocycles. The Morgan fingerprint density at radius 1 is 1.70 bits per heavy atom. The maximum absolute atomic E-state index is 11.0. The first-order chi connectivity index (χ1) is 4.70. The lowest BCUT2D eigenvalue weighted by molar-refractivity contribution is -0.129. The van der Waals surface area contributed by atoms with Gasteiger partial charge in [-0.2, -0.15) is 0 Å². The molecule has 0 aromatic heterocycles. The molecule has 0 radical (unpaired) electrons. The van der Waals surface area contributed by atoms with Gasteiger partial charge in [-0.05, 0) is 6.92 Å². The van der Waals surface area contributed by atoms with Gasteiger partial charge in [0.2, 0.25) is 5.91 Å². The Kier molecular flexibility index (Phi) is 2.27. The van der Waals surface area contributed by atoms with Crippen LogP contribution >= 0.6 is 0 Å². The lowest BCUT2D eigenvalue weighted by atomic mass is 10.3. The van der Waals surface area contributed by atoms with Crippen LogP contribution in [0.25, 0.3) is 0 Å². The molecule has 1 atom stereocenters. The predicted molar refractivity (Wildman–Crippen MR) is 39.7 cm³/mol. The van der Waals surface area contributed by atoms with E-state index in [0.717, 1.165) is 13.1 Å². The molecule has 0 aromatic rings. The summed E-state index contributed by atoms with van der Waals surface area (Å²) >= 11 is 0. The molecule has 1 aliphatic heterocycles. The van der Waals surface area contributed by atoms with Crippen molar-refractivity contribution in [2.75, 3.05) is 20.1 Å². The smallest absolute Gasteiger partial charge is 0.223 e. The highest BCUT2D eigenvalue weighted by atomic mass is 16.2. The van der Waals surface area contributed by atoms with Crippen LogP contribution in [0.15, 0.2) is 0 Å². The van der Waals surface area contributed by atoms with Gasteiger partial charge < -0.3 is 10.2 Å². The quantitative estimate of drug-likeness (QED) is 0.509. The first kappa shape index (κ1) is 7.54. The average Bonchev–Trinajstić information content (AvgIpc) is 1.96. The SMILES string of the molecule is C[C@H]1CN(C)C(=O)CCN1. The van der Waals surface area contributed by atoms with Crippen LogP contribution in [0.5, 0.6) is 0 Å². The van der Waals surface area contributed by atoms with Crippen LogP contribution in [0.4, 0.5) is 0 Å². The fraction of sp³-hybridized carbons (Fsp3) is 0.857. The minimum Gasteiger partial charge on any atom is -0.344 e. The maximum Gasteiger partial charge on any atom is 0.223 e. The van der Waals surface area contributed by atoms with Crippen molar-refractivity contribution >= 4 is 5.91 Å². The van der Waals surface area contributed by atoms with Gasteiger partial charge >= 0.3 is 0 Å². The molecule has 3 heteroatoms. The summed E-state index contributed by atoms with van der Waals surface area (Å²) < 4.78 is 0. The standard InChI is InChI=1S/C7H14N2O/c1-6-5-9(2)7(10)3-4-8-6/h6,8H,3-5H2,1-2H3/t6-/m0/s1. The summed E-state index contributed by atoms with van der Waals surface area (Å²) in [7, 11) is 1.85. The van der Waals surface area contributed by atoms with E-state index in [2.05, 4.69) is 12.2 Å². The second-order valence-corrected chi connectivity index (χ2v) is 2.88. The topological polar surface area (TPSA) is 32.3 Å². The number of carbonyl (C=O) groups excluding carboxylic acids is 1.